The molecule has 4 rings (SSSR count). The van der Waals surface area contributed by atoms with Crippen molar-refractivity contribution in [3.8, 4) is 0 Å². The van der Waals surface area contributed by atoms with Crippen LogP contribution in [0.15, 0.2) is 35.4 Å². The van der Waals surface area contributed by atoms with Gasteiger partial charge in [-0.1, -0.05) is 6.07 Å². The summed E-state index contributed by atoms with van der Waals surface area (Å²) in [4.78, 5) is 0.441. The van der Waals surface area contributed by atoms with E-state index >= 15 is 0 Å². The molecule has 6 heteroatoms. The summed E-state index contributed by atoms with van der Waals surface area (Å²) in [6, 6.07) is 7.55. The first kappa shape index (κ1) is 14.0. The highest BCUT2D eigenvalue weighted by atomic mass is 32.2. The second-order valence-electron chi connectivity index (χ2n) is 6.17. The molecule has 0 bridgehead atoms. The number of rotatable bonds is 3. The van der Waals surface area contributed by atoms with Crippen molar-refractivity contribution in [2.45, 2.75) is 36.5 Å². The molecule has 1 N–H and O–H groups in total. The van der Waals surface area contributed by atoms with Crippen LogP contribution in [-0.2, 0) is 22.9 Å². The van der Waals surface area contributed by atoms with E-state index in [0.29, 0.717) is 18.0 Å². The van der Waals surface area contributed by atoms with Gasteiger partial charge in [0.25, 0.3) is 0 Å². The Morgan fingerprint density at radius 3 is 2.59 bits per heavy atom. The van der Waals surface area contributed by atoms with Crippen molar-refractivity contribution in [2.75, 3.05) is 13.1 Å². The third kappa shape index (κ3) is 2.27. The van der Waals surface area contributed by atoms with Gasteiger partial charge in [-0.05, 0) is 55.0 Å². The number of nitrogens with zero attached hydrogens (tertiary/aromatic N) is 2. The number of aryl methyl sites for hydroxylation is 2. The molecular weight excluding hydrogens is 298 g/mol. The Balaban J connectivity index is 1.55. The van der Waals surface area contributed by atoms with Crippen LogP contribution in [0.1, 0.15) is 35.6 Å². The smallest absolute Gasteiger partial charge is 0.243 e. The number of benzene rings is 1. The summed E-state index contributed by atoms with van der Waals surface area (Å²) < 4.78 is 27.0. The molecule has 1 aliphatic carbocycles. The first-order valence-electron chi connectivity index (χ1n) is 7.76. The van der Waals surface area contributed by atoms with Crippen molar-refractivity contribution in [2.24, 2.45) is 0 Å². The summed E-state index contributed by atoms with van der Waals surface area (Å²) >= 11 is 0. The van der Waals surface area contributed by atoms with Crippen molar-refractivity contribution in [3.63, 3.8) is 0 Å². The minimum atomic E-state index is -3.36. The average Bonchev–Trinajstić information content (AvgIpc) is 2.99. The summed E-state index contributed by atoms with van der Waals surface area (Å²) in [5.41, 5.74) is 3.53. The van der Waals surface area contributed by atoms with Crippen LogP contribution >= 0.6 is 0 Å². The predicted molar refractivity (Wildman–Crippen MR) is 83.2 cm³/mol. The summed E-state index contributed by atoms with van der Waals surface area (Å²) in [6.07, 6.45) is 6.13. The molecule has 2 aliphatic rings. The monoisotopic (exact) mass is 317 g/mol. The number of hydrogen-bond donors (Lipinski definition) is 1. The van der Waals surface area contributed by atoms with Gasteiger partial charge in [0.15, 0.2) is 0 Å². The van der Waals surface area contributed by atoms with Gasteiger partial charge in [-0.15, -0.1) is 0 Å². The molecule has 22 heavy (non-hydrogen) atoms. The molecule has 2 heterocycles. The highest BCUT2D eigenvalue weighted by Gasteiger charge is 2.38. The van der Waals surface area contributed by atoms with E-state index in [1.165, 1.54) is 17.5 Å². The molecule has 0 spiro atoms. The van der Waals surface area contributed by atoms with Gasteiger partial charge < -0.3 is 0 Å². The van der Waals surface area contributed by atoms with Gasteiger partial charge in [0.2, 0.25) is 10.0 Å². The Labute approximate surface area is 130 Å². The van der Waals surface area contributed by atoms with Crippen molar-refractivity contribution < 1.29 is 8.42 Å². The Morgan fingerprint density at radius 2 is 1.86 bits per heavy atom. The number of H-pyrrole nitrogens is 1. The van der Waals surface area contributed by atoms with Crippen molar-refractivity contribution >= 4 is 10.0 Å². The van der Waals surface area contributed by atoms with Crippen LogP contribution in [0.4, 0.5) is 0 Å². The van der Waals surface area contributed by atoms with E-state index in [1.54, 1.807) is 16.6 Å². The zero-order chi connectivity index (χ0) is 15.2. The van der Waals surface area contributed by atoms with E-state index in [9.17, 15) is 8.42 Å². The van der Waals surface area contributed by atoms with E-state index in [2.05, 4.69) is 10.2 Å². The number of nitrogens with one attached hydrogen (secondary N) is 1. The standard InChI is InChI=1S/C16H19N3O2S/c20-22(21,19-10-14(11-19)16-7-8-17-18-16)15-6-5-12-3-1-2-4-13(12)9-15/h5-9,14H,1-4,10-11H2,(H,17,18). The van der Waals surface area contributed by atoms with E-state index in [1.807, 2.05) is 18.2 Å². The van der Waals surface area contributed by atoms with Gasteiger partial charge in [-0.25, -0.2) is 8.42 Å². The molecule has 0 atom stereocenters. The minimum absolute atomic E-state index is 0.231. The van der Waals surface area contributed by atoms with Crippen LogP contribution in [0.3, 0.4) is 0 Å². The minimum Gasteiger partial charge on any atom is -0.282 e. The SMILES string of the molecule is O=S(=O)(c1ccc2c(c1)CCCC2)N1CC(c2ccn[nH]2)C1. The highest BCUT2D eigenvalue weighted by Crippen LogP contribution is 2.32. The zero-order valence-electron chi connectivity index (χ0n) is 12.3. The van der Waals surface area contributed by atoms with Crippen molar-refractivity contribution in [1.29, 1.82) is 0 Å². The maximum atomic E-state index is 12.7. The van der Waals surface area contributed by atoms with Gasteiger partial charge in [-0.3, -0.25) is 5.10 Å². The molecule has 2 aromatic rings. The zero-order valence-corrected chi connectivity index (χ0v) is 13.1. The third-order valence-corrected chi connectivity index (χ3v) is 6.60. The lowest BCUT2D eigenvalue weighted by molar-refractivity contribution is 0.260. The van der Waals surface area contributed by atoms with Crippen LogP contribution in [-0.4, -0.2) is 36.0 Å². The number of fused-ring (bicyclic) bond motifs is 1. The molecule has 1 aromatic heterocycles. The fourth-order valence-corrected chi connectivity index (χ4v) is 4.93. The van der Waals surface area contributed by atoms with Crippen molar-refractivity contribution in [3.05, 3.63) is 47.3 Å². The van der Waals surface area contributed by atoms with Crippen LogP contribution in [0.5, 0.6) is 0 Å². The first-order chi connectivity index (χ1) is 10.6. The highest BCUT2D eigenvalue weighted by molar-refractivity contribution is 7.89. The van der Waals surface area contributed by atoms with Gasteiger partial charge >= 0.3 is 0 Å². The Hall–Kier alpha value is -1.66. The number of sulfonamides is 1. The first-order valence-corrected chi connectivity index (χ1v) is 9.20. The lowest BCUT2D eigenvalue weighted by Crippen LogP contribution is -2.48. The Kier molecular flexibility index (Phi) is 3.31. The summed E-state index contributed by atoms with van der Waals surface area (Å²) in [7, 11) is -3.36. The summed E-state index contributed by atoms with van der Waals surface area (Å²) in [5, 5.41) is 6.85. The van der Waals surface area contributed by atoms with E-state index in [4.69, 9.17) is 0 Å². The van der Waals surface area contributed by atoms with Crippen LogP contribution in [0.2, 0.25) is 0 Å². The van der Waals surface area contributed by atoms with Gasteiger partial charge in [-0.2, -0.15) is 9.40 Å². The van der Waals surface area contributed by atoms with Crippen molar-refractivity contribution in [1.82, 2.24) is 14.5 Å². The molecule has 0 radical (unpaired) electrons. The lowest BCUT2D eigenvalue weighted by Gasteiger charge is -2.37. The summed E-state index contributed by atoms with van der Waals surface area (Å²) in [5.74, 6) is 0.231. The van der Waals surface area contributed by atoms with Gasteiger partial charge in [0.05, 0.1) is 4.90 Å². The van der Waals surface area contributed by atoms with Crippen LogP contribution in [0.25, 0.3) is 0 Å². The maximum Gasteiger partial charge on any atom is 0.243 e. The molecule has 0 unspecified atom stereocenters. The summed E-state index contributed by atoms with van der Waals surface area (Å²) in [6.45, 7) is 1.06. The molecule has 1 fully saturated rings. The molecule has 0 saturated carbocycles. The molecule has 5 nitrogen and oxygen atoms in total. The van der Waals surface area contributed by atoms with Crippen LogP contribution in [0, 0.1) is 0 Å². The number of aromatic nitrogens is 2. The largest absolute Gasteiger partial charge is 0.282 e. The molecule has 1 aliphatic heterocycles. The van der Waals surface area contributed by atoms with Crippen LogP contribution < -0.4 is 0 Å². The normalized spacial score (nSPS) is 19.6. The quantitative estimate of drug-likeness (QED) is 0.942. The molecule has 116 valence electrons. The van der Waals surface area contributed by atoms with E-state index in [0.717, 1.165) is 25.0 Å². The maximum absolute atomic E-state index is 12.7. The van der Waals surface area contributed by atoms with Gasteiger partial charge in [0, 0.05) is 30.9 Å². The second kappa shape index (κ2) is 5.21. The average molecular weight is 317 g/mol. The van der Waals surface area contributed by atoms with E-state index in [-0.39, 0.29) is 5.92 Å². The molecule has 0 amide bonds. The fourth-order valence-electron chi connectivity index (χ4n) is 3.34. The van der Waals surface area contributed by atoms with Gasteiger partial charge in [0.1, 0.15) is 0 Å². The lowest BCUT2D eigenvalue weighted by atomic mass is 9.92. The molecule has 1 saturated heterocycles. The third-order valence-electron chi connectivity index (χ3n) is 4.77. The fraction of sp³-hybridized carbons (Fsp3) is 0.438. The Bertz CT molecular complexity index is 778. The molecule has 1 aromatic carbocycles. The molecular formula is C16H19N3O2S. The second-order valence-corrected chi connectivity index (χ2v) is 8.11. The van der Waals surface area contributed by atoms with E-state index < -0.39 is 10.0 Å². The Morgan fingerprint density at radius 1 is 1.09 bits per heavy atom. The number of aromatic amines is 1. The predicted octanol–water partition coefficient (Wildman–Crippen LogP) is 2.08. The number of hydrogen-bond acceptors (Lipinski definition) is 3. The topological polar surface area (TPSA) is 66.1 Å².